The molecule has 1 aromatic heterocycles. The van der Waals surface area contributed by atoms with Gasteiger partial charge >= 0.3 is 0 Å². The van der Waals surface area contributed by atoms with Crippen LogP contribution in [0.15, 0.2) is 41.9 Å². The van der Waals surface area contributed by atoms with Gasteiger partial charge in [-0.15, -0.1) is 0 Å². The van der Waals surface area contributed by atoms with Crippen LogP contribution in [0, 0.1) is 5.92 Å². The van der Waals surface area contributed by atoms with Crippen molar-refractivity contribution in [3.63, 3.8) is 0 Å². The molecule has 0 unspecified atom stereocenters. The van der Waals surface area contributed by atoms with E-state index in [1.807, 2.05) is 11.7 Å². The Morgan fingerprint density at radius 1 is 1.23 bits per heavy atom. The number of rotatable bonds is 8. The van der Waals surface area contributed by atoms with Gasteiger partial charge in [-0.3, -0.25) is 4.99 Å². The van der Waals surface area contributed by atoms with Crippen LogP contribution in [0.5, 0.6) is 0 Å². The van der Waals surface area contributed by atoms with Gasteiger partial charge in [0.05, 0.1) is 6.54 Å². The topological polar surface area (TPSA) is 67.1 Å². The molecule has 0 atom stereocenters. The van der Waals surface area contributed by atoms with Gasteiger partial charge < -0.3 is 10.6 Å². The summed E-state index contributed by atoms with van der Waals surface area (Å²) in [5.41, 5.74) is 2.45. The van der Waals surface area contributed by atoms with Crippen molar-refractivity contribution in [3.05, 3.63) is 48.0 Å². The molecule has 1 aliphatic carbocycles. The van der Waals surface area contributed by atoms with E-state index in [4.69, 9.17) is 0 Å². The van der Waals surface area contributed by atoms with Gasteiger partial charge in [-0.25, -0.2) is 9.67 Å². The largest absolute Gasteiger partial charge is 0.356 e. The molecular weight excluding hydrogens is 324 g/mol. The first-order valence-electron chi connectivity index (χ1n) is 9.68. The van der Waals surface area contributed by atoms with E-state index in [9.17, 15) is 0 Å². The molecule has 26 heavy (non-hydrogen) atoms. The second-order valence-electron chi connectivity index (χ2n) is 7.06. The SMILES string of the molecule is CN=C(NCCCC1CCCC1)NCc1cccc(Cn2cncn2)c1. The van der Waals surface area contributed by atoms with Gasteiger partial charge in [-0.2, -0.15) is 5.10 Å². The fourth-order valence-corrected chi connectivity index (χ4v) is 3.64. The van der Waals surface area contributed by atoms with Crippen molar-refractivity contribution in [1.29, 1.82) is 0 Å². The zero-order chi connectivity index (χ0) is 18.0. The Morgan fingerprint density at radius 3 is 2.85 bits per heavy atom. The second kappa shape index (κ2) is 9.94. The molecule has 1 aromatic carbocycles. The van der Waals surface area contributed by atoms with E-state index in [1.165, 1.54) is 49.7 Å². The highest BCUT2D eigenvalue weighted by Gasteiger charge is 2.13. The van der Waals surface area contributed by atoms with Gasteiger partial charge in [0, 0.05) is 20.1 Å². The molecule has 0 amide bonds. The summed E-state index contributed by atoms with van der Waals surface area (Å²) in [6.07, 6.45) is 11.6. The standard InChI is InChI=1S/C20H30N6/c1-21-20(23-11-5-10-17-6-2-3-7-17)24-13-18-8-4-9-19(12-18)14-26-16-22-15-25-26/h4,8-9,12,15-17H,2-3,5-7,10-11,13-14H2,1H3,(H2,21,23,24). The van der Waals surface area contributed by atoms with Gasteiger partial charge in [-0.1, -0.05) is 49.9 Å². The summed E-state index contributed by atoms with van der Waals surface area (Å²) in [5.74, 6) is 1.83. The van der Waals surface area contributed by atoms with Gasteiger partial charge in [0.1, 0.15) is 12.7 Å². The lowest BCUT2D eigenvalue weighted by Crippen LogP contribution is -2.37. The van der Waals surface area contributed by atoms with Crippen molar-refractivity contribution in [3.8, 4) is 0 Å². The van der Waals surface area contributed by atoms with E-state index in [0.29, 0.717) is 0 Å². The maximum absolute atomic E-state index is 4.33. The number of guanidine groups is 1. The number of hydrogen-bond donors (Lipinski definition) is 2. The van der Waals surface area contributed by atoms with Crippen LogP contribution in [0.3, 0.4) is 0 Å². The summed E-state index contributed by atoms with van der Waals surface area (Å²) in [5, 5.41) is 11.0. The Hall–Kier alpha value is -2.37. The normalized spacial score (nSPS) is 15.3. The van der Waals surface area contributed by atoms with Crippen LogP contribution in [-0.2, 0) is 13.1 Å². The fourth-order valence-electron chi connectivity index (χ4n) is 3.64. The first kappa shape index (κ1) is 18.4. The highest BCUT2D eigenvalue weighted by molar-refractivity contribution is 5.79. The van der Waals surface area contributed by atoms with E-state index in [1.54, 1.807) is 12.7 Å². The predicted octanol–water partition coefficient (Wildman–Crippen LogP) is 2.96. The Labute approximate surface area is 156 Å². The van der Waals surface area contributed by atoms with E-state index < -0.39 is 0 Å². The summed E-state index contributed by atoms with van der Waals surface area (Å²) < 4.78 is 1.83. The Kier molecular flexibility index (Phi) is 7.05. The van der Waals surface area contributed by atoms with Crippen LogP contribution in [0.1, 0.15) is 49.7 Å². The van der Waals surface area contributed by atoms with Crippen molar-refractivity contribution in [2.75, 3.05) is 13.6 Å². The van der Waals surface area contributed by atoms with E-state index in [-0.39, 0.29) is 0 Å². The third-order valence-electron chi connectivity index (χ3n) is 5.04. The number of benzene rings is 1. The average Bonchev–Trinajstić information content (AvgIpc) is 3.35. The summed E-state index contributed by atoms with van der Waals surface area (Å²) in [7, 11) is 1.83. The third kappa shape index (κ3) is 5.86. The third-order valence-corrected chi connectivity index (χ3v) is 5.04. The van der Waals surface area contributed by atoms with Crippen LogP contribution in [-0.4, -0.2) is 34.3 Å². The lowest BCUT2D eigenvalue weighted by molar-refractivity contribution is 0.481. The number of aliphatic imine (C=N–C) groups is 1. The highest BCUT2D eigenvalue weighted by atomic mass is 15.3. The van der Waals surface area contributed by atoms with Crippen molar-refractivity contribution >= 4 is 5.96 Å². The van der Waals surface area contributed by atoms with Crippen LogP contribution in [0.25, 0.3) is 0 Å². The lowest BCUT2D eigenvalue weighted by Gasteiger charge is -2.14. The van der Waals surface area contributed by atoms with Crippen LogP contribution < -0.4 is 10.6 Å². The first-order chi connectivity index (χ1) is 12.8. The number of hydrogen-bond acceptors (Lipinski definition) is 3. The molecule has 0 radical (unpaired) electrons. The fraction of sp³-hybridized carbons (Fsp3) is 0.550. The quantitative estimate of drug-likeness (QED) is 0.434. The minimum Gasteiger partial charge on any atom is -0.356 e. The van der Waals surface area contributed by atoms with Crippen molar-refractivity contribution in [1.82, 2.24) is 25.4 Å². The van der Waals surface area contributed by atoms with E-state index in [0.717, 1.165) is 31.5 Å². The van der Waals surface area contributed by atoms with Crippen LogP contribution >= 0.6 is 0 Å². The molecule has 1 saturated carbocycles. The molecule has 0 aliphatic heterocycles. The van der Waals surface area contributed by atoms with Gasteiger partial charge in [-0.05, 0) is 29.9 Å². The smallest absolute Gasteiger partial charge is 0.191 e. The number of nitrogens with zero attached hydrogens (tertiary/aromatic N) is 4. The molecule has 0 bridgehead atoms. The number of aromatic nitrogens is 3. The Bertz CT molecular complexity index is 673. The van der Waals surface area contributed by atoms with Crippen LogP contribution in [0.4, 0.5) is 0 Å². The van der Waals surface area contributed by atoms with E-state index in [2.05, 4.69) is 50.0 Å². The molecular formula is C20H30N6. The molecule has 140 valence electrons. The van der Waals surface area contributed by atoms with Gasteiger partial charge in [0.2, 0.25) is 0 Å². The summed E-state index contributed by atoms with van der Waals surface area (Å²) in [6, 6.07) is 8.52. The second-order valence-corrected chi connectivity index (χ2v) is 7.06. The monoisotopic (exact) mass is 354 g/mol. The zero-order valence-corrected chi connectivity index (χ0v) is 15.7. The molecule has 0 spiro atoms. The predicted molar refractivity (Wildman–Crippen MR) is 105 cm³/mol. The van der Waals surface area contributed by atoms with Gasteiger partial charge in [0.15, 0.2) is 5.96 Å². The summed E-state index contributed by atoms with van der Waals surface area (Å²) >= 11 is 0. The molecule has 1 aliphatic rings. The Balaban J connectivity index is 1.40. The minimum absolute atomic E-state index is 0.738. The average molecular weight is 355 g/mol. The molecule has 1 heterocycles. The van der Waals surface area contributed by atoms with Crippen molar-refractivity contribution < 1.29 is 0 Å². The minimum atomic E-state index is 0.738. The molecule has 3 rings (SSSR count). The number of nitrogens with one attached hydrogen (secondary N) is 2. The molecule has 2 N–H and O–H groups in total. The first-order valence-corrected chi connectivity index (χ1v) is 9.68. The summed E-state index contributed by atoms with van der Waals surface area (Å²) in [6.45, 7) is 2.48. The van der Waals surface area contributed by atoms with Crippen molar-refractivity contribution in [2.24, 2.45) is 10.9 Å². The molecule has 6 heteroatoms. The zero-order valence-electron chi connectivity index (χ0n) is 15.7. The maximum Gasteiger partial charge on any atom is 0.191 e. The maximum atomic E-state index is 4.33. The summed E-state index contributed by atoms with van der Waals surface area (Å²) in [4.78, 5) is 8.32. The molecule has 6 nitrogen and oxygen atoms in total. The van der Waals surface area contributed by atoms with Gasteiger partial charge in [0.25, 0.3) is 0 Å². The lowest BCUT2D eigenvalue weighted by atomic mass is 10.0. The van der Waals surface area contributed by atoms with Crippen molar-refractivity contribution in [2.45, 2.75) is 51.6 Å². The molecule has 1 fully saturated rings. The Morgan fingerprint density at radius 2 is 2.08 bits per heavy atom. The highest BCUT2D eigenvalue weighted by Crippen LogP contribution is 2.28. The molecule has 2 aromatic rings. The van der Waals surface area contributed by atoms with Crippen LogP contribution in [0.2, 0.25) is 0 Å². The molecule has 0 saturated heterocycles. The van der Waals surface area contributed by atoms with E-state index >= 15 is 0 Å².